The zero-order valence-corrected chi connectivity index (χ0v) is 12.7. The third kappa shape index (κ3) is 2.49. The van der Waals surface area contributed by atoms with Gasteiger partial charge in [0.25, 0.3) is 5.56 Å². The Bertz CT molecular complexity index is 995. The van der Waals surface area contributed by atoms with Crippen LogP contribution in [0.5, 0.6) is 0 Å². The van der Waals surface area contributed by atoms with E-state index in [-0.39, 0.29) is 11.3 Å². The summed E-state index contributed by atoms with van der Waals surface area (Å²) in [7, 11) is 0. The van der Waals surface area contributed by atoms with Crippen LogP contribution in [0.15, 0.2) is 47.3 Å². The van der Waals surface area contributed by atoms with Crippen molar-refractivity contribution in [2.24, 2.45) is 11.7 Å². The maximum Gasteiger partial charge on any atom is 0.266 e. The summed E-state index contributed by atoms with van der Waals surface area (Å²) in [5, 5.41) is 0.144. The zero-order valence-electron chi connectivity index (χ0n) is 12.7. The molecule has 1 unspecified atom stereocenters. The summed E-state index contributed by atoms with van der Waals surface area (Å²) >= 11 is 0. The molecule has 1 atom stereocenters. The van der Waals surface area contributed by atoms with Crippen LogP contribution in [0, 0.1) is 17.6 Å². The van der Waals surface area contributed by atoms with Crippen LogP contribution in [0.25, 0.3) is 16.6 Å². The van der Waals surface area contributed by atoms with Crippen LogP contribution in [0.2, 0.25) is 0 Å². The first-order valence-corrected chi connectivity index (χ1v) is 7.78. The maximum atomic E-state index is 13.6. The topological polar surface area (TPSA) is 60.9 Å². The number of rotatable bonds is 3. The average Bonchev–Trinajstić information content (AvgIpc) is 3.39. The van der Waals surface area contributed by atoms with Crippen LogP contribution in [0.4, 0.5) is 8.78 Å². The van der Waals surface area contributed by atoms with Crippen LogP contribution in [-0.2, 0) is 0 Å². The molecule has 1 aliphatic rings. The van der Waals surface area contributed by atoms with Gasteiger partial charge in [-0.3, -0.25) is 9.36 Å². The lowest BCUT2D eigenvalue weighted by Crippen LogP contribution is -2.29. The van der Waals surface area contributed by atoms with Crippen LogP contribution in [0.1, 0.15) is 24.7 Å². The second-order valence-electron chi connectivity index (χ2n) is 6.12. The number of benzene rings is 2. The highest BCUT2D eigenvalue weighted by molar-refractivity contribution is 5.78. The van der Waals surface area contributed by atoms with Gasteiger partial charge in [-0.05, 0) is 55.2 Å². The van der Waals surface area contributed by atoms with E-state index in [0.717, 1.165) is 18.9 Å². The smallest absolute Gasteiger partial charge is 0.266 e. The average molecular weight is 327 g/mol. The van der Waals surface area contributed by atoms with Crippen LogP contribution in [0.3, 0.4) is 0 Å². The molecule has 4 rings (SSSR count). The summed E-state index contributed by atoms with van der Waals surface area (Å²) in [5.74, 6) is -0.349. The minimum atomic E-state index is -0.522. The van der Waals surface area contributed by atoms with Crippen molar-refractivity contribution < 1.29 is 8.78 Å². The van der Waals surface area contributed by atoms with Gasteiger partial charge in [0.15, 0.2) is 0 Å². The van der Waals surface area contributed by atoms with Gasteiger partial charge in [0, 0.05) is 0 Å². The minimum absolute atomic E-state index is 0.144. The van der Waals surface area contributed by atoms with E-state index in [4.69, 9.17) is 5.73 Å². The highest BCUT2D eigenvalue weighted by Gasteiger charge is 2.33. The summed E-state index contributed by atoms with van der Waals surface area (Å²) in [6, 6.07) is 9.11. The Balaban J connectivity index is 2.05. The molecule has 122 valence electrons. The van der Waals surface area contributed by atoms with Crippen LogP contribution in [-0.4, -0.2) is 9.55 Å². The van der Waals surface area contributed by atoms with Crippen molar-refractivity contribution in [3.05, 3.63) is 70.3 Å². The number of halogens is 2. The number of nitrogens with zero attached hydrogens (tertiary/aromatic N) is 2. The van der Waals surface area contributed by atoms with Crippen molar-refractivity contribution >= 4 is 10.9 Å². The normalized spacial score (nSPS) is 15.6. The van der Waals surface area contributed by atoms with E-state index in [9.17, 15) is 13.6 Å². The Labute approximate surface area is 136 Å². The number of fused-ring (bicyclic) bond motifs is 1. The fourth-order valence-corrected chi connectivity index (χ4v) is 2.93. The van der Waals surface area contributed by atoms with E-state index in [1.807, 2.05) is 0 Å². The monoisotopic (exact) mass is 327 g/mol. The van der Waals surface area contributed by atoms with Gasteiger partial charge in [-0.2, -0.15) is 0 Å². The van der Waals surface area contributed by atoms with Gasteiger partial charge < -0.3 is 5.73 Å². The van der Waals surface area contributed by atoms with Crippen molar-refractivity contribution in [1.82, 2.24) is 9.55 Å². The predicted octanol–water partition coefficient (Wildman–Crippen LogP) is 3.07. The molecule has 4 nitrogen and oxygen atoms in total. The van der Waals surface area contributed by atoms with Crippen molar-refractivity contribution in [3.63, 3.8) is 0 Å². The number of hydrogen-bond donors (Lipinski definition) is 1. The van der Waals surface area contributed by atoms with E-state index >= 15 is 0 Å². The Morgan fingerprint density at radius 3 is 2.58 bits per heavy atom. The van der Waals surface area contributed by atoms with Crippen molar-refractivity contribution in [1.29, 1.82) is 0 Å². The fraction of sp³-hybridized carbons (Fsp3) is 0.222. The van der Waals surface area contributed by atoms with Crippen molar-refractivity contribution in [2.45, 2.75) is 18.9 Å². The molecule has 24 heavy (non-hydrogen) atoms. The minimum Gasteiger partial charge on any atom is -0.321 e. The molecular formula is C18H15F2N3O. The molecule has 1 heterocycles. The molecule has 2 aromatic carbocycles. The van der Waals surface area contributed by atoms with E-state index in [0.29, 0.717) is 17.0 Å². The second-order valence-corrected chi connectivity index (χ2v) is 6.12. The molecule has 6 heteroatoms. The molecule has 0 bridgehead atoms. The zero-order chi connectivity index (χ0) is 16.8. The van der Waals surface area contributed by atoms with Crippen LogP contribution < -0.4 is 11.3 Å². The molecule has 0 spiro atoms. The molecular weight excluding hydrogens is 312 g/mol. The van der Waals surface area contributed by atoms with Crippen LogP contribution >= 0.6 is 0 Å². The third-order valence-corrected chi connectivity index (χ3v) is 4.35. The Hall–Kier alpha value is -2.60. The van der Waals surface area contributed by atoms with E-state index in [2.05, 4.69) is 4.98 Å². The molecule has 1 saturated carbocycles. The first-order valence-electron chi connectivity index (χ1n) is 7.78. The Morgan fingerprint density at radius 1 is 1.12 bits per heavy atom. The van der Waals surface area contributed by atoms with Crippen molar-refractivity contribution in [2.75, 3.05) is 0 Å². The molecule has 1 aliphatic carbocycles. The van der Waals surface area contributed by atoms with E-state index in [1.165, 1.54) is 34.9 Å². The Morgan fingerprint density at radius 2 is 1.88 bits per heavy atom. The largest absolute Gasteiger partial charge is 0.321 e. The summed E-state index contributed by atoms with van der Waals surface area (Å²) in [4.78, 5) is 17.4. The number of aromatic nitrogens is 2. The second kappa shape index (κ2) is 5.49. The summed E-state index contributed by atoms with van der Waals surface area (Å²) in [6.07, 6.45) is 1.95. The summed E-state index contributed by atoms with van der Waals surface area (Å²) in [6.45, 7) is 0. The lowest BCUT2D eigenvalue weighted by Gasteiger charge is -2.18. The third-order valence-electron chi connectivity index (χ3n) is 4.35. The summed E-state index contributed by atoms with van der Waals surface area (Å²) in [5.41, 5.74) is 6.56. The molecule has 1 fully saturated rings. The van der Waals surface area contributed by atoms with Gasteiger partial charge in [-0.1, -0.05) is 6.07 Å². The fourth-order valence-electron chi connectivity index (χ4n) is 2.93. The van der Waals surface area contributed by atoms with E-state index < -0.39 is 23.2 Å². The summed E-state index contributed by atoms with van der Waals surface area (Å²) < 4.78 is 28.5. The van der Waals surface area contributed by atoms with Gasteiger partial charge in [0.1, 0.15) is 17.5 Å². The molecule has 0 aliphatic heterocycles. The quantitative estimate of drug-likeness (QED) is 0.804. The van der Waals surface area contributed by atoms with Gasteiger partial charge in [0.05, 0.1) is 22.6 Å². The molecule has 1 aromatic heterocycles. The SMILES string of the molecule is NC(c1nc2ccc(F)cc2c(=O)n1-c1cccc(F)c1)C1CC1. The molecule has 0 saturated heterocycles. The van der Waals surface area contributed by atoms with Gasteiger partial charge in [-0.15, -0.1) is 0 Å². The lowest BCUT2D eigenvalue weighted by atomic mass is 10.1. The van der Waals surface area contributed by atoms with Gasteiger partial charge >= 0.3 is 0 Å². The molecule has 0 amide bonds. The first-order chi connectivity index (χ1) is 11.5. The maximum absolute atomic E-state index is 13.6. The highest BCUT2D eigenvalue weighted by atomic mass is 19.1. The molecule has 3 aromatic rings. The molecule has 0 radical (unpaired) electrons. The molecule has 2 N–H and O–H groups in total. The predicted molar refractivity (Wildman–Crippen MR) is 86.9 cm³/mol. The highest BCUT2D eigenvalue weighted by Crippen LogP contribution is 2.39. The van der Waals surface area contributed by atoms with Crippen molar-refractivity contribution in [3.8, 4) is 5.69 Å². The Kier molecular flexibility index (Phi) is 3.42. The first kappa shape index (κ1) is 15.0. The van der Waals surface area contributed by atoms with Gasteiger partial charge in [0.2, 0.25) is 0 Å². The lowest BCUT2D eigenvalue weighted by molar-refractivity contribution is 0.571. The van der Waals surface area contributed by atoms with E-state index in [1.54, 1.807) is 6.07 Å². The number of hydrogen-bond acceptors (Lipinski definition) is 3. The van der Waals surface area contributed by atoms with Gasteiger partial charge in [-0.25, -0.2) is 13.8 Å². The standard InChI is InChI=1S/C18H15F2N3O/c19-11-2-1-3-13(8-11)23-17(16(21)10-4-5-10)22-15-7-6-12(20)9-14(15)18(23)24/h1-3,6-10,16H,4-5,21H2. The number of nitrogens with two attached hydrogens (primary N) is 1.